The van der Waals surface area contributed by atoms with Gasteiger partial charge in [-0.15, -0.1) is 0 Å². The number of likely N-dealkylation sites (N-methyl/N-ethyl adjacent to an activating group) is 1. The van der Waals surface area contributed by atoms with Gasteiger partial charge in [-0.3, -0.25) is 0 Å². The van der Waals surface area contributed by atoms with E-state index in [0.29, 0.717) is 6.54 Å². The number of aromatic nitrogens is 2. The molecule has 0 aliphatic carbocycles. The summed E-state index contributed by atoms with van der Waals surface area (Å²) in [7, 11) is 0. The SMILES string of the molecule is CCN(CC)CCOc1ccc(Cc2ccccc2)cc1.NCCc1c[nH]cn1. The van der Waals surface area contributed by atoms with Crippen LogP contribution in [-0.2, 0) is 12.8 Å². The van der Waals surface area contributed by atoms with Crippen LogP contribution in [0.5, 0.6) is 5.75 Å². The first-order valence-electron chi connectivity index (χ1n) is 10.4. The second-order valence-corrected chi connectivity index (χ2v) is 6.78. The van der Waals surface area contributed by atoms with Gasteiger partial charge in [0.1, 0.15) is 12.4 Å². The van der Waals surface area contributed by atoms with Crippen LogP contribution in [0.3, 0.4) is 0 Å². The van der Waals surface area contributed by atoms with E-state index in [1.54, 1.807) is 6.33 Å². The number of nitrogens with zero attached hydrogens (tertiary/aromatic N) is 2. The lowest BCUT2D eigenvalue weighted by Gasteiger charge is -2.18. The maximum atomic E-state index is 5.80. The van der Waals surface area contributed by atoms with Gasteiger partial charge in [0.25, 0.3) is 0 Å². The number of ether oxygens (including phenoxy) is 1. The molecule has 5 nitrogen and oxygen atoms in total. The van der Waals surface area contributed by atoms with Crippen LogP contribution < -0.4 is 10.5 Å². The van der Waals surface area contributed by atoms with Gasteiger partial charge in [-0.1, -0.05) is 56.3 Å². The fourth-order valence-corrected chi connectivity index (χ4v) is 2.94. The highest BCUT2D eigenvalue weighted by Gasteiger charge is 2.00. The summed E-state index contributed by atoms with van der Waals surface area (Å²) in [5.74, 6) is 0.957. The normalized spacial score (nSPS) is 10.5. The Morgan fingerprint density at radius 1 is 0.966 bits per heavy atom. The van der Waals surface area contributed by atoms with Crippen LogP contribution in [-0.4, -0.2) is 47.7 Å². The largest absolute Gasteiger partial charge is 0.492 e. The second-order valence-electron chi connectivity index (χ2n) is 6.78. The highest BCUT2D eigenvalue weighted by molar-refractivity contribution is 5.31. The Morgan fingerprint density at radius 3 is 2.24 bits per heavy atom. The van der Waals surface area contributed by atoms with Gasteiger partial charge in [-0.2, -0.15) is 0 Å². The third kappa shape index (κ3) is 8.94. The summed E-state index contributed by atoms with van der Waals surface area (Å²) in [6.45, 7) is 8.93. The van der Waals surface area contributed by atoms with E-state index in [0.717, 1.165) is 50.5 Å². The molecule has 0 fully saturated rings. The molecule has 5 heteroatoms. The minimum atomic E-state index is 0.671. The fourth-order valence-electron chi connectivity index (χ4n) is 2.94. The molecular formula is C24H34N4O. The Bertz CT molecular complexity index is 753. The van der Waals surface area contributed by atoms with Crippen molar-refractivity contribution in [2.45, 2.75) is 26.7 Å². The highest BCUT2D eigenvalue weighted by Crippen LogP contribution is 2.15. The Balaban J connectivity index is 0.000000313. The first-order valence-corrected chi connectivity index (χ1v) is 10.4. The van der Waals surface area contributed by atoms with Crippen LogP contribution in [0.25, 0.3) is 0 Å². The molecule has 29 heavy (non-hydrogen) atoms. The molecule has 0 aliphatic rings. The predicted octanol–water partition coefficient (Wildman–Crippen LogP) is 3.91. The van der Waals surface area contributed by atoms with Crippen LogP contribution in [0.2, 0.25) is 0 Å². The van der Waals surface area contributed by atoms with E-state index in [9.17, 15) is 0 Å². The van der Waals surface area contributed by atoms with Gasteiger partial charge >= 0.3 is 0 Å². The molecule has 0 unspecified atom stereocenters. The number of rotatable bonds is 10. The standard InChI is InChI=1S/C19H25NO.C5H9N3/c1-3-20(4-2)14-15-21-19-12-10-18(11-13-19)16-17-8-6-5-7-9-17;6-2-1-5-3-7-4-8-5/h5-13H,3-4,14-16H2,1-2H3;3-4H,1-2,6H2,(H,7,8). The fraction of sp³-hybridized carbons (Fsp3) is 0.375. The summed E-state index contributed by atoms with van der Waals surface area (Å²) in [5.41, 5.74) is 8.96. The van der Waals surface area contributed by atoms with Crippen molar-refractivity contribution >= 4 is 0 Å². The average molecular weight is 395 g/mol. The van der Waals surface area contributed by atoms with Crippen molar-refractivity contribution in [3.63, 3.8) is 0 Å². The number of hydrogen-bond acceptors (Lipinski definition) is 4. The third-order valence-electron chi connectivity index (χ3n) is 4.70. The molecule has 0 saturated carbocycles. The van der Waals surface area contributed by atoms with Crippen LogP contribution in [0.15, 0.2) is 67.1 Å². The van der Waals surface area contributed by atoms with Crippen molar-refractivity contribution in [3.8, 4) is 5.75 Å². The van der Waals surface area contributed by atoms with E-state index in [-0.39, 0.29) is 0 Å². The van der Waals surface area contributed by atoms with Crippen LogP contribution >= 0.6 is 0 Å². The Morgan fingerprint density at radius 2 is 1.66 bits per heavy atom. The molecule has 2 aromatic carbocycles. The van der Waals surface area contributed by atoms with E-state index in [1.165, 1.54) is 11.1 Å². The number of H-pyrrole nitrogens is 1. The summed E-state index contributed by atoms with van der Waals surface area (Å²) in [4.78, 5) is 9.18. The molecule has 1 heterocycles. The van der Waals surface area contributed by atoms with Gasteiger partial charge < -0.3 is 20.4 Å². The lowest BCUT2D eigenvalue weighted by molar-refractivity contribution is 0.223. The molecule has 1 aromatic heterocycles. The molecule has 0 bridgehead atoms. The van der Waals surface area contributed by atoms with Gasteiger partial charge in [0.05, 0.1) is 12.0 Å². The number of benzene rings is 2. The van der Waals surface area contributed by atoms with E-state index in [4.69, 9.17) is 10.5 Å². The zero-order chi connectivity index (χ0) is 20.7. The zero-order valence-electron chi connectivity index (χ0n) is 17.7. The van der Waals surface area contributed by atoms with Gasteiger partial charge in [-0.05, 0) is 49.3 Å². The van der Waals surface area contributed by atoms with Gasteiger partial charge in [0.2, 0.25) is 0 Å². The number of nitrogens with one attached hydrogen (secondary N) is 1. The number of nitrogens with two attached hydrogens (primary N) is 1. The van der Waals surface area contributed by atoms with Crippen molar-refractivity contribution in [3.05, 3.63) is 83.9 Å². The first-order chi connectivity index (χ1) is 14.2. The summed E-state index contributed by atoms with van der Waals surface area (Å²) in [6.07, 6.45) is 5.35. The van der Waals surface area contributed by atoms with Crippen molar-refractivity contribution in [2.24, 2.45) is 5.73 Å². The Hall–Kier alpha value is -2.63. The van der Waals surface area contributed by atoms with E-state index >= 15 is 0 Å². The molecular weight excluding hydrogens is 360 g/mol. The summed E-state index contributed by atoms with van der Waals surface area (Å²) < 4.78 is 5.80. The Kier molecular flexibility index (Phi) is 10.6. The van der Waals surface area contributed by atoms with Crippen LogP contribution in [0.4, 0.5) is 0 Å². The maximum Gasteiger partial charge on any atom is 0.119 e. The van der Waals surface area contributed by atoms with Crippen molar-refractivity contribution < 1.29 is 4.74 Å². The smallest absolute Gasteiger partial charge is 0.119 e. The van der Waals surface area contributed by atoms with Crippen LogP contribution in [0, 0.1) is 0 Å². The molecule has 0 spiro atoms. The molecule has 156 valence electrons. The van der Waals surface area contributed by atoms with E-state index in [1.807, 2.05) is 6.20 Å². The second kappa shape index (κ2) is 13.5. The van der Waals surface area contributed by atoms with Crippen molar-refractivity contribution in [1.29, 1.82) is 0 Å². The first kappa shape index (κ1) is 22.7. The van der Waals surface area contributed by atoms with Crippen molar-refractivity contribution in [1.82, 2.24) is 14.9 Å². The maximum absolute atomic E-state index is 5.80. The van der Waals surface area contributed by atoms with Gasteiger partial charge in [0.15, 0.2) is 0 Å². The number of aromatic amines is 1. The number of hydrogen-bond donors (Lipinski definition) is 2. The van der Waals surface area contributed by atoms with Gasteiger partial charge in [-0.25, -0.2) is 4.98 Å². The van der Waals surface area contributed by atoms with Gasteiger partial charge in [0, 0.05) is 19.2 Å². The molecule has 3 rings (SSSR count). The van der Waals surface area contributed by atoms with E-state index in [2.05, 4.69) is 83.3 Å². The summed E-state index contributed by atoms with van der Waals surface area (Å²) >= 11 is 0. The molecule has 0 aliphatic heterocycles. The van der Waals surface area contributed by atoms with E-state index < -0.39 is 0 Å². The molecule has 0 atom stereocenters. The Labute approximate surface area is 174 Å². The summed E-state index contributed by atoms with van der Waals surface area (Å²) in [5, 5.41) is 0. The zero-order valence-corrected chi connectivity index (χ0v) is 17.7. The molecule has 0 radical (unpaired) electrons. The average Bonchev–Trinajstić information content (AvgIpc) is 3.27. The monoisotopic (exact) mass is 394 g/mol. The quantitative estimate of drug-likeness (QED) is 0.547. The topological polar surface area (TPSA) is 67.2 Å². The lowest BCUT2D eigenvalue weighted by atomic mass is 10.1. The number of imidazole rings is 1. The molecule has 0 amide bonds. The predicted molar refractivity (Wildman–Crippen MR) is 120 cm³/mol. The summed E-state index contributed by atoms with van der Waals surface area (Å²) in [6, 6.07) is 19.0. The minimum Gasteiger partial charge on any atom is -0.492 e. The van der Waals surface area contributed by atoms with Crippen molar-refractivity contribution in [2.75, 3.05) is 32.8 Å². The third-order valence-corrected chi connectivity index (χ3v) is 4.70. The highest BCUT2D eigenvalue weighted by atomic mass is 16.5. The molecule has 0 saturated heterocycles. The van der Waals surface area contributed by atoms with Crippen LogP contribution in [0.1, 0.15) is 30.7 Å². The molecule has 3 aromatic rings. The minimum absolute atomic E-state index is 0.671. The molecule has 3 N–H and O–H groups in total. The lowest BCUT2D eigenvalue weighted by Crippen LogP contribution is -2.27.